The molecule has 1 saturated heterocycles. The van der Waals surface area contributed by atoms with Crippen LogP contribution in [0.15, 0.2) is 48.8 Å². The number of aryl methyl sites for hydroxylation is 1. The Bertz CT molecular complexity index is 740. The van der Waals surface area contributed by atoms with Gasteiger partial charge in [0.25, 0.3) is 11.8 Å². The van der Waals surface area contributed by atoms with Gasteiger partial charge >= 0.3 is 0 Å². The topological polar surface area (TPSA) is 62.3 Å². The van der Waals surface area contributed by atoms with Crippen molar-refractivity contribution in [3.05, 3.63) is 65.5 Å². The summed E-state index contributed by atoms with van der Waals surface area (Å²) in [6, 6.07) is 11.9. The van der Waals surface area contributed by atoms with E-state index in [1.165, 1.54) is 18.2 Å². The first-order valence-corrected chi connectivity index (χ1v) is 9.30. The summed E-state index contributed by atoms with van der Waals surface area (Å²) in [5, 5.41) is 2.91. The van der Waals surface area contributed by atoms with Gasteiger partial charge in [0.05, 0.1) is 11.1 Å². The highest BCUT2D eigenvalue weighted by molar-refractivity contribution is 5.99. The third-order valence-corrected chi connectivity index (χ3v) is 4.66. The van der Waals surface area contributed by atoms with E-state index in [2.05, 4.69) is 22.4 Å². The van der Waals surface area contributed by atoms with Crippen LogP contribution in [0.1, 0.15) is 52.0 Å². The molecule has 0 saturated carbocycles. The number of rotatable bonds is 6. The first-order valence-electron chi connectivity index (χ1n) is 9.30. The van der Waals surface area contributed by atoms with Crippen molar-refractivity contribution in [2.45, 2.75) is 32.1 Å². The number of nitrogens with one attached hydrogen (secondary N) is 1. The number of benzene rings is 1. The van der Waals surface area contributed by atoms with E-state index < -0.39 is 0 Å². The van der Waals surface area contributed by atoms with Crippen LogP contribution in [0.4, 0.5) is 0 Å². The number of nitrogens with zero attached hydrogens (tertiary/aromatic N) is 2. The average molecular weight is 351 g/mol. The Hall–Kier alpha value is -2.69. The summed E-state index contributed by atoms with van der Waals surface area (Å²) >= 11 is 0. The first-order chi connectivity index (χ1) is 12.7. The summed E-state index contributed by atoms with van der Waals surface area (Å²) in [4.78, 5) is 30.8. The number of carbonyl (C=O) groups excluding carboxylic acids is 2. The van der Waals surface area contributed by atoms with Crippen molar-refractivity contribution in [1.29, 1.82) is 0 Å². The largest absolute Gasteiger partial charge is 0.352 e. The fraction of sp³-hybridized carbons (Fsp3) is 0.381. The van der Waals surface area contributed by atoms with Gasteiger partial charge in [-0.05, 0) is 43.7 Å². The summed E-state index contributed by atoms with van der Waals surface area (Å²) in [5.41, 5.74) is 2.19. The van der Waals surface area contributed by atoms with Crippen LogP contribution in [-0.4, -0.2) is 41.3 Å². The normalized spacial score (nSPS) is 14.1. The monoisotopic (exact) mass is 351 g/mol. The zero-order valence-corrected chi connectivity index (χ0v) is 15.0. The van der Waals surface area contributed by atoms with Crippen LogP contribution in [0.3, 0.4) is 0 Å². The molecule has 3 rings (SSSR count). The highest BCUT2D eigenvalue weighted by Crippen LogP contribution is 2.13. The summed E-state index contributed by atoms with van der Waals surface area (Å²) in [7, 11) is 0. The number of hydrogen-bond donors (Lipinski definition) is 1. The SMILES string of the molecule is O=C(NCCCc1ccccc1)c1cncc(C(=O)N2CCCCC2)c1. The lowest BCUT2D eigenvalue weighted by atomic mass is 10.1. The number of amides is 2. The molecule has 0 spiro atoms. The van der Waals surface area contributed by atoms with Crippen LogP contribution < -0.4 is 5.32 Å². The second kappa shape index (κ2) is 9.13. The molecule has 136 valence electrons. The lowest BCUT2D eigenvalue weighted by molar-refractivity contribution is 0.0724. The third-order valence-electron chi connectivity index (χ3n) is 4.66. The van der Waals surface area contributed by atoms with Crippen LogP contribution in [-0.2, 0) is 6.42 Å². The Morgan fingerprint density at radius 2 is 1.73 bits per heavy atom. The third kappa shape index (κ3) is 4.91. The molecule has 5 nitrogen and oxygen atoms in total. The Morgan fingerprint density at radius 1 is 1.00 bits per heavy atom. The fourth-order valence-corrected chi connectivity index (χ4v) is 3.20. The Labute approximate surface area is 154 Å². The smallest absolute Gasteiger partial charge is 0.255 e. The highest BCUT2D eigenvalue weighted by atomic mass is 16.2. The van der Waals surface area contributed by atoms with E-state index in [0.717, 1.165) is 38.8 Å². The van der Waals surface area contributed by atoms with E-state index in [0.29, 0.717) is 17.7 Å². The number of carbonyl (C=O) groups is 2. The van der Waals surface area contributed by atoms with Crippen molar-refractivity contribution in [3.8, 4) is 0 Å². The summed E-state index contributed by atoms with van der Waals surface area (Å²) in [5.74, 6) is -0.213. The zero-order valence-electron chi connectivity index (χ0n) is 15.0. The van der Waals surface area contributed by atoms with Crippen molar-refractivity contribution in [2.24, 2.45) is 0 Å². The van der Waals surface area contributed by atoms with Gasteiger partial charge in [-0.1, -0.05) is 30.3 Å². The fourth-order valence-electron chi connectivity index (χ4n) is 3.20. The maximum Gasteiger partial charge on any atom is 0.255 e. The van der Waals surface area contributed by atoms with Gasteiger partial charge in [0.15, 0.2) is 0 Å². The number of aromatic nitrogens is 1. The van der Waals surface area contributed by atoms with Crippen LogP contribution in [0, 0.1) is 0 Å². The van der Waals surface area contributed by atoms with Crippen molar-refractivity contribution >= 4 is 11.8 Å². The molecule has 0 unspecified atom stereocenters. The van der Waals surface area contributed by atoms with E-state index in [4.69, 9.17) is 0 Å². The predicted octanol–water partition coefficient (Wildman–Crippen LogP) is 3.07. The summed E-state index contributed by atoms with van der Waals surface area (Å²) < 4.78 is 0. The Morgan fingerprint density at radius 3 is 2.50 bits per heavy atom. The Kier molecular flexibility index (Phi) is 6.36. The molecular weight excluding hydrogens is 326 g/mol. The second-order valence-corrected chi connectivity index (χ2v) is 6.66. The van der Waals surface area contributed by atoms with Gasteiger partial charge in [0.1, 0.15) is 0 Å². The minimum absolute atomic E-state index is 0.0315. The molecule has 0 bridgehead atoms. The number of hydrogen-bond acceptors (Lipinski definition) is 3. The number of likely N-dealkylation sites (tertiary alicyclic amines) is 1. The molecule has 1 fully saturated rings. The molecular formula is C21H25N3O2. The molecule has 1 N–H and O–H groups in total. The second-order valence-electron chi connectivity index (χ2n) is 6.66. The van der Waals surface area contributed by atoms with Crippen LogP contribution in [0.25, 0.3) is 0 Å². The van der Waals surface area contributed by atoms with Crippen LogP contribution >= 0.6 is 0 Å². The molecule has 1 aromatic carbocycles. The molecule has 26 heavy (non-hydrogen) atoms. The molecule has 0 radical (unpaired) electrons. The van der Waals surface area contributed by atoms with E-state index in [1.807, 2.05) is 23.1 Å². The minimum Gasteiger partial charge on any atom is -0.352 e. The predicted molar refractivity (Wildman–Crippen MR) is 101 cm³/mol. The lowest BCUT2D eigenvalue weighted by Gasteiger charge is -2.26. The molecule has 0 aliphatic carbocycles. The van der Waals surface area contributed by atoms with Gasteiger partial charge in [-0.15, -0.1) is 0 Å². The van der Waals surface area contributed by atoms with E-state index in [1.54, 1.807) is 12.3 Å². The molecule has 1 aliphatic heterocycles. The van der Waals surface area contributed by atoms with Gasteiger partial charge in [-0.25, -0.2) is 0 Å². The molecule has 2 aromatic rings. The maximum atomic E-state index is 12.5. The van der Waals surface area contributed by atoms with Crippen molar-refractivity contribution in [2.75, 3.05) is 19.6 Å². The summed E-state index contributed by atoms with van der Waals surface area (Å²) in [6.45, 7) is 2.17. The number of pyridine rings is 1. The van der Waals surface area contributed by atoms with Gasteiger partial charge in [-0.2, -0.15) is 0 Å². The quantitative estimate of drug-likeness (QED) is 0.814. The average Bonchev–Trinajstić information content (AvgIpc) is 2.72. The maximum absolute atomic E-state index is 12.5. The van der Waals surface area contributed by atoms with Gasteiger partial charge < -0.3 is 10.2 Å². The Balaban J connectivity index is 1.52. The molecule has 5 heteroatoms. The van der Waals surface area contributed by atoms with Crippen molar-refractivity contribution < 1.29 is 9.59 Å². The van der Waals surface area contributed by atoms with Crippen LogP contribution in [0.5, 0.6) is 0 Å². The standard InChI is InChI=1S/C21H25N3O2/c25-20(23-11-7-10-17-8-3-1-4-9-17)18-14-19(16-22-15-18)21(26)24-12-5-2-6-13-24/h1,3-4,8-9,14-16H,2,5-7,10-13H2,(H,23,25). The van der Waals surface area contributed by atoms with Crippen molar-refractivity contribution in [1.82, 2.24) is 15.2 Å². The number of piperidine rings is 1. The zero-order chi connectivity index (χ0) is 18.2. The highest BCUT2D eigenvalue weighted by Gasteiger charge is 2.19. The van der Waals surface area contributed by atoms with E-state index in [9.17, 15) is 9.59 Å². The summed E-state index contributed by atoms with van der Waals surface area (Å²) in [6.07, 6.45) is 8.11. The van der Waals surface area contributed by atoms with E-state index in [-0.39, 0.29) is 11.8 Å². The lowest BCUT2D eigenvalue weighted by Crippen LogP contribution is -2.35. The first kappa shape index (κ1) is 18.1. The molecule has 2 amide bonds. The van der Waals surface area contributed by atoms with Gasteiger partial charge in [0.2, 0.25) is 0 Å². The van der Waals surface area contributed by atoms with E-state index >= 15 is 0 Å². The van der Waals surface area contributed by atoms with Crippen LogP contribution in [0.2, 0.25) is 0 Å². The van der Waals surface area contributed by atoms with Crippen molar-refractivity contribution in [3.63, 3.8) is 0 Å². The van der Waals surface area contributed by atoms with Gasteiger partial charge in [-0.3, -0.25) is 14.6 Å². The molecule has 1 aromatic heterocycles. The molecule has 0 atom stereocenters. The minimum atomic E-state index is -0.182. The molecule has 2 heterocycles. The molecule has 1 aliphatic rings. The van der Waals surface area contributed by atoms with Gasteiger partial charge in [0, 0.05) is 32.0 Å².